The largest absolute Gasteiger partial charge is 0.481 e. The molecule has 0 fully saturated rings. The SMILES string of the molecule is CC(=O)COC[C@H](CC(=O)[C@H](CC(C)C)NC(=O)[C@H](CCc1ccccc1)CC(C)=O)C(=O)O. The molecule has 0 saturated carbocycles. The van der Waals surface area contributed by atoms with Crippen LogP contribution < -0.4 is 5.32 Å². The highest BCUT2D eigenvalue weighted by molar-refractivity contribution is 5.93. The van der Waals surface area contributed by atoms with Crippen LogP contribution in [-0.2, 0) is 35.1 Å². The first-order chi connectivity index (χ1) is 16.0. The lowest BCUT2D eigenvalue weighted by Crippen LogP contribution is -2.46. The van der Waals surface area contributed by atoms with Gasteiger partial charge in [-0.05, 0) is 44.6 Å². The van der Waals surface area contributed by atoms with Gasteiger partial charge in [-0.3, -0.25) is 19.2 Å². The summed E-state index contributed by atoms with van der Waals surface area (Å²) in [6, 6.07) is 8.76. The maximum Gasteiger partial charge on any atom is 0.309 e. The molecule has 8 heteroatoms. The highest BCUT2D eigenvalue weighted by atomic mass is 16.5. The molecule has 0 unspecified atom stereocenters. The lowest BCUT2D eigenvalue weighted by molar-refractivity contribution is -0.147. The zero-order valence-corrected chi connectivity index (χ0v) is 20.5. The summed E-state index contributed by atoms with van der Waals surface area (Å²) < 4.78 is 5.11. The summed E-state index contributed by atoms with van der Waals surface area (Å²) >= 11 is 0. The molecule has 0 radical (unpaired) electrons. The molecule has 2 N–H and O–H groups in total. The van der Waals surface area contributed by atoms with E-state index in [0.717, 1.165) is 5.56 Å². The van der Waals surface area contributed by atoms with Crippen LogP contribution in [0.1, 0.15) is 58.9 Å². The minimum atomic E-state index is -1.20. The maximum absolute atomic E-state index is 13.1. The molecule has 0 heterocycles. The van der Waals surface area contributed by atoms with Crippen molar-refractivity contribution in [1.82, 2.24) is 5.32 Å². The Balaban J connectivity index is 2.89. The Labute approximate surface area is 201 Å². The van der Waals surface area contributed by atoms with Crippen molar-refractivity contribution >= 4 is 29.2 Å². The fourth-order valence-electron chi connectivity index (χ4n) is 3.64. The molecule has 3 atom stereocenters. The number of carboxylic acid groups (broad SMARTS) is 1. The second kappa shape index (κ2) is 15.1. The molecule has 1 aromatic carbocycles. The van der Waals surface area contributed by atoms with Gasteiger partial charge in [0.2, 0.25) is 5.91 Å². The molecule has 0 aliphatic rings. The molecule has 34 heavy (non-hydrogen) atoms. The van der Waals surface area contributed by atoms with Gasteiger partial charge in [-0.2, -0.15) is 0 Å². The number of carboxylic acids is 1. The Kier molecular flexibility index (Phi) is 13.0. The second-order valence-corrected chi connectivity index (χ2v) is 9.24. The number of Topliss-reactive ketones (excluding diaryl/α,β-unsaturated/α-hetero) is 3. The van der Waals surface area contributed by atoms with E-state index in [0.29, 0.717) is 19.3 Å². The number of nitrogens with one attached hydrogen (secondary N) is 1. The molecule has 188 valence electrons. The number of ether oxygens (including phenoxy) is 1. The smallest absolute Gasteiger partial charge is 0.309 e. The standard InChI is InChI=1S/C26H37NO7/c1-17(2)12-23(24(30)14-22(26(32)33)16-34-15-19(4)29)27-25(31)21(13-18(3)28)11-10-20-8-6-5-7-9-20/h5-9,17,21-23H,10-16H2,1-4H3,(H,27,31)(H,32,33)/t21-,22+,23+/m1/s1. The van der Waals surface area contributed by atoms with Gasteiger partial charge in [-0.1, -0.05) is 44.2 Å². The van der Waals surface area contributed by atoms with E-state index in [1.54, 1.807) is 0 Å². The predicted molar refractivity (Wildman–Crippen MR) is 127 cm³/mol. The number of hydrogen-bond donors (Lipinski definition) is 2. The highest BCUT2D eigenvalue weighted by Gasteiger charge is 2.30. The molecule has 0 bridgehead atoms. The van der Waals surface area contributed by atoms with E-state index in [2.05, 4.69) is 5.32 Å². The fourth-order valence-corrected chi connectivity index (χ4v) is 3.64. The Hall–Kier alpha value is -2.87. The third-order valence-electron chi connectivity index (χ3n) is 5.36. The van der Waals surface area contributed by atoms with Crippen LogP contribution in [-0.4, -0.2) is 53.6 Å². The normalized spacial score (nSPS) is 13.7. The summed E-state index contributed by atoms with van der Waals surface area (Å²) in [7, 11) is 0. The van der Waals surface area contributed by atoms with Crippen molar-refractivity contribution in [3.05, 3.63) is 35.9 Å². The maximum atomic E-state index is 13.1. The molecule has 0 spiro atoms. The number of carbonyl (C=O) groups excluding carboxylic acids is 4. The fraction of sp³-hybridized carbons (Fsp3) is 0.577. The lowest BCUT2D eigenvalue weighted by atomic mass is 9.91. The quantitative estimate of drug-likeness (QED) is 0.355. The highest BCUT2D eigenvalue weighted by Crippen LogP contribution is 2.18. The molecule has 0 aliphatic carbocycles. The van der Waals surface area contributed by atoms with Crippen LogP contribution in [0.25, 0.3) is 0 Å². The van der Waals surface area contributed by atoms with Gasteiger partial charge in [0, 0.05) is 18.8 Å². The number of carbonyl (C=O) groups is 5. The average Bonchev–Trinajstić information content (AvgIpc) is 2.75. The van der Waals surface area contributed by atoms with Crippen LogP contribution in [0.4, 0.5) is 0 Å². The number of aryl methyl sites for hydroxylation is 1. The van der Waals surface area contributed by atoms with Crippen LogP contribution in [0.3, 0.4) is 0 Å². The van der Waals surface area contributed by atoms with E-state index in [-0.39, 0.29) is 49.4 Å². The van der Waals surface area contributed by atoms with Crippen molar-refractivity contribution < 1.29 is 33.8 Å². The van der Waals surface area contributed by atoms with Crippen molar-refractivity contribution in [1.29, 1.82) is 0 Å². The van der Waals surface area contributed by atoms with Crippen LogP contribution in [0.5, 0.6) is 0 Å². The molecule has 0 saturated heterocycles. The monoisotopic (exact) mass is 475 g/mol. The molecule has 1 aromatic rings. The Morgan fingerprint density at radius 3 is 2.12 bits per heavy atom. The Morgan fingerprint density at radius 2 is 1.59 bits per heavy atom. The predicted octanol–water partition coefficient (Wildman–Crippen LogP) is 3.01. The average molecular weight is 476 g/mol. The van der Waals surface area contributed by atoms with Crippen molar-refractivity contribution in [2.75, 3.05) is 13.2 Å². The summed E-state index contributed by atoms with van der Waals surface area (Å²) in [6.07, 6.45) is 1.15. The topological polar surface area (TPSA) is 127 Å². The number of aliphatic carboxylic acids is 1. The molecule has 0 aromatic heterocycles. The van der Waals surface area contributed by atoms with Gasteiger partial charge in [0.15, 0.2) is 11.6 Å². The zero-order valence-electron chi connectivity index (χ0n) is 20.5. The van der Waals surface area contributed by atoms with Crippen molar-refractivity contribution in [2.45, 2.75) is 65.8 Å². The van der Waals surface area contributed by atoms with Crippen molar-refractivity contribution in [3.8, 4) is 0 Å². The third-order valence-corrected chi connectivity index (χ3v) is 5.36. The molecule has 1 amide bonds. The molecule has 0 aliphatic heterocycles. The minimum Gasteiger partial charge on any atom is -0.481 e. The van der Waals surface area contributed by atoms with Crippen LogP contribution in [0.15, 0.2) is 30.3 Å². The number of benzene rings is 1. The van der Waals surface area contributed by atoms with E-state index in [1.807, 2.05) is 44.2 Å². The van der Waals surface area contributed by atoms with Gasteiger partial charge in [-0.15, -0.1) is 0 Å². The van der Waals surface area contributed by atoms with Crippen molar-refractivity contribution in [2.24, 2.45) is 17.8 Å². The van der Waals surface area contributed by atoms with E-state index in [9.17, 15) is 29.1 Å². The van der Waals surface area contributed by atoms with Gasteiger partial charge in [0.05, 0.1) is 18.6 Å². The van der Waals surface area contributed by atoms with Crippen LogP contribution in [0, 0.1) is 17.8 Å². The summed E-state index contributed by atoms with van der Waals surface area (Å²) in [6.45, 7) is 6.06. The second-order valence-electron chi connectivity index (χ2n) is 9.24. The molecule has 8 nitrogen and oxygen atoms in total. The lowest BCUT2D eigenvalue weighted by Gasteiger charge is -2.24. The van der Waals surface area contributed by atoms with Gasteiger partial charge in [-0.25, -0.2) is 0 Å². The minimum absolute atomic E-state index is 0.0674. The third kappa shape index (κ3) is 11.8. The van der Waals surface area contributed by atoms with Crippen LogP contribution >= 0.6 is 0 Å². The Bertz CT molecular complexity index is 835. The van der Waals surface area contributed by atoms with E-state index in [1.165, 1.54) is 13.8 Å². The van der Waals surface area contributed by atoms with Gasteiger partial charge in [0.1, 0.15) is 12.4 Å². The number of hydrogen-bond acceptors (Lipinski definition) is 6. The summed E-state index contributed by atoms with van der Waals surface area (Å²) in [5.74, 6) is -4.00. The summed E-state index contributed by atoms with van der Waals surface area (Å²) in [4.78, 5) is 60.5. The number of ketones is 3. The van der Waals surface area contributed by atoms with Gasteiger partial charge < -0.3 is 20.0 Å². The van der Waals surface area contributed by atoms with Gasteiger partial charge >= 0.3 is 5.97 Å². The summed E-state index contributed by atoms with van der Waals surface area (Å²) in [5.41, 5.74) is 1.05. The summed E-state index contributed by atoms with van der Waals surface area (Å²) in [5, 5.41) is 12.2. The number of rotatable bonds is 17. The van der Waals surface area contributed by atoms with Gasteiger partial charge in [0.25, 0.3) is 0 Å². The molecular formula is C26H37NO7. The molecule has 1 rings (SSSR count). The first kappa shape index (κ1) is 29.2. The first-order valence-electron chi connectivity index (χ1n) is 11.7. The Morgan fingerprint density at radius 1 is 0.941 bits per heavy atom. The van der Waals surface area contributed by atoms with Crippen LogP contribution in [0.2, 0.25) is 0 Å². The van der Waals surface area contributed by atoms with E-state index < -0.39 is 29.6 Å². The molecular weight excluding hydrogens is 438 g/mol. The zero-order chi connectivity index (χ0) is 25.7. The van der Waals surface area contributed by atoms with E-state index >= 15 is 0 Å². The number of amides is 1. The first-order valence-corrected chi connectivity index (χ1v) is 11.7. The van der Waals surface area contributed by atoms with Crippen molar-refractivity contribution in [3.63, 3.8) is 0 Å². The van der Waals surface area contributed by atoms with E-state index in [4.69, 9.17) is 4.74 Å².